The zero-order valence-corrected chi connectivity index (χ0v) is 14.0. The number of imidazole rings is 1. The lowest BCUT2D eigenvalue weighted by Crippen LogP contribution is -2.59. The number of carbonyl (C=O) groups is 2. The molecular formula is C18H23N3O3. The highest BCUT2D eigenvalue weighted by Crippen LogP contribution is 2.22. The van der Waals surface area contributed by atoms with E-state index in [1.165, 1.54) is 0 Å². The maximum absolute atomic E-state index is 12.4. The van der Waals surface area contributed by atoms with Gasteiger partial charge in [-0.1, -0.05) is 44.2 Å². The standard InChI is InChI=1S/C18H23N3O3/c1-13(2)18(17(23)24,12-15-19-10-11-20-15)21-16(22)9-8-14-6-4-3-5-7-14/h3-7,10-11,13H,8-9,12H2,1-2H3,(H,19,20)(H,21,22)(H,23,24)/t18-/m1/s1. The molecule has 0 saturated carbocycles. The fourth-order valence-electron chi connectivity index (χ4n) is 2.64. The van der Waals surface area contributed by atoms with Crippen molar-refractivity contribution in [2.24, 2.45) is 5.92 Å². The van der Waals surface area contributed by atoms with E-state index in [0.29, 0.717) is 12.2 Å². The number of aromatic nitrogens is 2. The second-order valence-electron chi connectivity index (χ2n) is 6.18. The summed E-state index contributed by atoms with van der Waals surface area (Å²) in [7, 11) is 0. The molecule has 0 aliphatic carbocycles. The Morgan fingerprint density at radius 3 is 2.54 bits per heavy atom. The van der Waals surface area contributed by atoms with Crippen LogP contribution >= 0.6 is 0 Å². The zero-order chi connectivity index (χ0) is 17.6. The lowest BCUT2D eigenvalue weighted by molar-refractivity contribution is -0.150. The van der Waals surface area contributed by atoms with Crippen LogP contribution in [0.4, 0.5) is 0 Å². The van der Waals surface area contributed by atoms with Crippen LogP contribution in [-0.2, 0) is 22.4 Å². The van der Waals surface area contributed by atoms with Crippen LogP contribution in [-0.4, -0.2) is 32.5 Å². The van der Waals surface area contributed by atoms with Gasteiger partial charge in [0.1, 0.15) is 11.4 Å². The SMILES string of the molecule is CC(C)[C@@](Cc1ncc[nH]1)(NC(=O)CCc1ccccc1)C(=O)O. The number of rotatable bonds is 8. The minimum atomic E-state index is -1.38. The quantitative estimate of drug-likeness (QED) is 0.692. The van der Waals surface area contributed by atoms with Crippen molar-refractivity contribution in [1.82, 2.24) is 15.3 Å². The number of nitrogens with zero attached hydrogens (tertiary/aromatic N) is 1. The molecule has 1 aromatic heterocycles. The molecule has 6 heteroatoms. The molecule has 0 aliphatic heterocycles. The molecule has 1 amide bonds. The van der Waals surface area contributed by atoms with Gasteiger partial charge in [-0.05, 0) is 17.9 Å². The van der Waals surface area contributed by atoms with Crippen LogP contribution in [0.5, 0.6) is 0 Å². The Balaban J connectivity index is 2.09. The minimum Gasteiger partial charge on any atom is -0.479 e. The summed E-state index contributed by atoms with van der Waals surface area (Å²) in [5.74, 6) is -1.08. The molecule has 3 N–H and O–H groups in total. The molecule has 2 aromatic rings. The Morgan fingerprint density at radius 2 is 2.00 bits per heavy atom. The van der Waals surface area contributed by atoms with Crippen LogP contribution in [0.15, 0.2) is 42.7 Å². The van der Waals surface area contributed by atoms with Gasteiger partial charge >= 0.3 is 5.97 Å². The molecule has 0 saturated heterocycles. The summed E-state index contributed by atoms with van der Waals surface area (Å²) < 4.78 is 0. The molecule has 0 radical (unpaired) electrons. The molecule has 6 nitrogen and oxygen atoms in total. The molecule has 0 fully saturated rings. The highest BCUT2D eigenvalue weighted by atomic mass is 16.4. The lowest BCUT2D eigenvalue weighted by Gasteiger charge is -2.33. The minimum absolute atomic E-state index is 0.115. The number of carboxylic acid groups (broad SMARTS) is 1. The number of nitrogens with one attached hydrogen (secondary N) is 2. The third-order valence-electron chi connectivity index (χ3n) is 4.21. The lowest BCUT2D eigenvalue weighted by atomic mass is 9.82. The maximum atomic E-state index is 12.4. The van der Waals surface area contributed by atoms with Crippen molar-refractivity contribution in [3.05, 3.63) is 54.1 Å². The van der Waals surface area contributed by atoms with Crippen molar-refractivity contribution in [2.75, 3.05) is 0 Å². The van der Waals surface area contributed by atoms with E-state index in [1.54, 1.807) is 26.2 Å². The zero-order valence-electron chi connectivity index (χ0n) is 14.0. The molecule has 2 rings (SSSR count). The Labute approximate surface area is 141 Å². The van der Waals surface area contributed by atoms with Gasteiger partial charge in [-0.15, -0.1) is 0 Å². The molecule has 1 aromatic carbocycles. The van der Waals surface area contributed by atoms with Gasteiger partial charge in [-0.25, -0.2) is 9.78 Å². The van der Waals surface area contributed by atoms with E-state index in [4.69, 9.17) is 0 Å². The Morgan fingerprint density at radius 1 is 1.29 bits per heavy atom. The van der Waals surface area contributed by atoms with Gasteiger partial charge in [0.15, 0.2) is 0 Å². The first kappa shape index (κ1) is 17.7. The normalized spacial score (nSPS) is 13.5. The molecule has 1 heterocycles. The number of hydrogen-bond acceptors (Lipinski definition) is 3. The van der Waals surface area contributed by atoms with E-state index in [0.717, 1.165) is 5.56 Å². The van der Waals surface area contributed by atoms with Gasteiger partial charge in [0, 0.05) is 25.2 Å². The smallest absolute Gasteiger partial charge is 0.330 e. The van der Waals surface area contributed by atoms with Crippen molar-refractivity contribution in [3.63, 3.8) is 0 Å². The van der Waals surface area contributed by atoms with Crippen molar-refractivity contribution in [3.8, 4) is 0 Å². The van der Waals surface area contributed by atoms with E-state index in [9.17, 15) is 14.7 Å². The number of hydrogen-bond donors (Lipinski definition) is 3. The second kappa shape index (κ2) is 7.77. The number of aryl methyl sites for hydroxylation is 1. The predicted octanol–water partition coefficient (Wildman–Crippen LogP) is 2.18. The van der Waals surface area contributed by atoms with Crippen molar-refractivity contribution in [2.45, 2.75) is 38.6 Å². The third kappa shape index (κ3) is 4.22. The van der Waals surface area contributed by atoms with E-state index < -0.39 is 11.5 Å². The number of carbonyl (C=O) groups excluding carboxylic acids is 1. The maximum Gasteiger partial charge on any atom is 0.330 e. The summed E-state index contributed by atoms with van der Waals surface area (Å²) in [4.78, 5) is 31.3. The van der Waals surface area contributed by atoms with E-state index in [-0.39, 0.29) is 24.7 Å². The van der Waals surface area contributed by atoms with Crippen LogP contribution in [0, 0.1) is 5.92 Å². The Hall–Kier alpha value is -2.63. The van der Waals surface area contributed by atoms with E-state index in [1.807, 2.05) is 30.3 Å². The molecule has 0 spiro atoms. The van der Waals surface area contributed by atoms with Gasteiger partial charge in [-0.3, -0.25) is 4.79 Å². The second-order valence-corrected chi connectivity index (χ2v) is 6.18. The highest BCUT2D eigenvalue weighted by Gasteiger charge is 2.43. The van der Waals surface area contributed by atoms with Crippen LogP contribution in [0.25, 0.3) is 0 Å². The molecule has 0 unspecified atom stereocenters. The van der Waals surface area contributed by atoms with Gasteiger partial charge in [-0.2, -0.15) is 0 Å². The molecule has 1 atom stereocenters. The number of amides is 1. The Kier molecular flexibility index (Phi) is 5.73. The largest absolute Gasteiger partial charge is 0.479 e. The van der Waals surface area contributed by atoms with Gasteiger partial charge in [0.25, 0.3) is 0 Å². The summed E-state index contributed by atoms with van der Waals surface area (Å²) in [6, 6.07) is 9.65. The molecule has 24 heavy (non-hydrogen) atoms. The fourth-order valence-corrected chi connectivity index (χ4v) is 2.64. The number of carboxylic acids is 1. The first-order chi connectivity index (χ1) is 11.4. The fraction of sp³-hybridized carbons (Fsp3) is 0.389. The number of H-pyrrole nitrogens is 1. The molecule has 0 bridgehead atoms. The van der Waals surface area contributed by atoms with Crippen LogP contribution in [0.3, 0.4) is 0 Å². The number of aromatic amines is 1. The summed E-state index contributed by atoms with van der Waals surface area (Å²) in [5, 5.41) is 12.5. The first-order valence-electron chi connectivity index (χ1n) is 8.00. The summed E-state index contributed by atoms with van der Waals surface area (Å²) >= 11 is 0. The highest BCUT2D eigenvalue weighted by molar-refractivity contribution is 5.87. The Bertz CT molecular complexity index is 668. The van der Waals surface area contributed by atoms with Gasteiger partial charge < -0.3 is 15.4 Å². The van der Waals surface area contributed by atoms with E-state index >= 15 is 0 Å². The van der Waals surface area contributed by atoms with Crippen molar-refractivity contribution < 1.29 is 14.7 Å². The van der Waals surface area contributed by atoms with Crippen LogP contribution in [0.2, 0.25) is 0 Å². The molecule has 0 aliphatic rings. The summed E-state index contributed by atoms with van der Waals surface area (Å²) in [6.45, 7) is 3.57. The number of aliphatic carboxylic acids is 1. The first-order valence-corrected chi connectivity index (χ1v) is 8.00. The topological polar surface area (TPSA) is 95.1 Å². The van der Waals surface area contributed by atoms with Crippen molar-refractivity contribution in [1.29, 1.82) is 0 Å². The summed E-state index contributed by atoms with van der Waals surface area (Å²) in [6.07, 6.45) is 4.13. The van der Waals surface area contributed by atoms with Crippen LogP contribution in [0.1, 0.15) is 31.7 Å². The average molecular weight is 329 g/mol. The molecule has 128 valence electrons. The third-order valence-corrected chi connectivity index (χ3v) is 4.21. The number of benzene rings is 1. The average Bonchev–Trinajstić information content (AvgIpc) is 3.05. The monoisotopic (exact) mass is 329 g/mol. The van der Waals surface area contributed by atoms with Gasteiger partial charge in [0.05, 0.1) is 0 Å². The summed E-state index contributed by atoms with van der Waals surface area (Å²) in [5.41, 5.74) is -0.338. The molecular weight excluding hydrogens is 306 g/mol. The van der Waals surface area contributed by atoms with Crippen molar-refractivity contribution >= 4 is 11.9 Å². The predicted molar refractivity (Wildman–Crippen MR) is 90.4 cm³/mol. The van der Waals surface area contributed by atoms with Gasteiger partial charge in [0.2, 0.25) is 5.91 Å². The van der Waals surface area contributed by atoms with E-state index in [2.05, 4.69) is 15.3 Å². The van der Waals surface area contributed by atoms with Crippen LogP contribution < -0.4 is 5.32 Å².